The molecule has 3 heterocycles. The van der Waals surface area contributed by atoms with E-state index in [0.717, 1.165) is 61.9 Å². The molecule has 1 saturated heterocycles. The average molecular weight is 414 g/mol. The number of nitrogens with zero attached hydrogens (tertiary/aromatic N) is 5. The van der Waals surface area contributed by atoms with Crippen LogP contribution in [0, 0.1) is 6.92 Å². The van der Waals surface area contributed by atoms with Gasteiger partial charge >= 0.3 is 0 Å². The number of aromatic nitrogens is 2. The van der Waals surface area contributed by atoms with Crippen molar-refractivity contribution in [2.24, 2.45) is 7.05 Å². The van der Waals surface area contributed by atoms with Gasteiger partial charge in [0, 0.05) is 46.3 Å². The van der Waals surface area contributed by atoms with Gasteiger partial charge in [-0.05, 0) is 50.7 Å². The Labute approximate surface area is 177 Å². The van der Waals surface area contributed by atoms with E-state index < -0.39 is 0 Å². The summed E-state index contributed by atoms with van der Waals surface area (Å²) in [6.07, 6.45) is 0.941. The Morgan fingerprint density at radius 2 is 1.87 bits per heavy atom. The number of hydrogen-bond donors (Lipinski definition) is 0. The van der Waals surface area contributed by atoms with Crippen molar-refractivity contribution in [3.63, 3.8) is 0 Å². The van der Waals surface area contributed by atoms with Gasteiger partial charge in [-0.2, -0.15) is 5.10 Å². The van der Waals surface area contributed by atoms with E-state index in [1.165, 1.54) is 0 Å². The normalized spacial score (nSPS) is 16.8. The van der Waals surface area contributed by atoms with Crippen molar-refractivity contribution >= 4 is 5.91 Å². The summed E-state index contributed by atoms with van der Waals surface area (Å²) in [7, 11) is 3.99. The lowest BCUT2D eigenvalue weighted by Gasteiger charge is -2.33. The lowest BCUT2D eigenvalue weighted by Crippen LogP contribution is -2.45. The number of amides is 1. The molecule has 1 aromatic heterocycles. The van der Waals surface area contributed by atoms with Crippen molar-refractivity contribution in [1.29, 1.82) is 0 Å². The van der Waals surface area contributed by atoms with Gasteiger partial charge in [0.25, 0.3) is 5.91 Å². The molecule has 0 N–H and O–H groups in total. The molecule has 2 aliphatic heterocycles. The summed E-state index contributed by atoms with van der Waals surface area (Å²) in [5, 5.41) is 4.35. The molecule has 2 aliphatic rings. The van der Waals surface area contributed by atoms with Crippen LogP contribution in [0.5, 0.6) is 11.5 Å². The molecule has 30 heavy (non-hydrogen) atoms. The number of piperazine rings is 1. The van der Waals surface area contributed by atoms with E-state index in [-0.39, 0.29) is 12.7 Å². The molecule has 0 radical (unpaired) electrons. The molecule has 0 saturated carbocycles. The van der Waals surface area contributed by atoms with Crippen molar-refractivity contribution < 1.29 is 14.3 Å². The first kappa shape index (κ1) is 20.7. The fourth-order valence-electron chi connectivity index (χ4n) is 4.04. The van der Waals surface area contributed by atoms with Crippen LogP contribution in [0.4, 0.5) is 0 Å². The summed E-state index contributed by atoms with van der Waals surface area (Å²) in [6.45, 7) is 8.78. The lowest BCUT2D eigenvalue weighted by molar-refractivity contribution is 0.0717. The number of likely N-dealkylation sites (N-methyl/N-ethyl adjacent to an activating group) is 1. The smallest absolute Gasteiger partial charge is 0.272 e. The first-order valence-corrected chi connectivity index (χ1v) is 10.6. The molecule has 1 aromatic carbocycles. The van der Waals surface area contributed by atoms with Crippen LogP contribution in [0.15, 0.2) is 24.3 Å². The molecule has 0 bridgehead atoms. The second-order valence-corrected chi connectivity index (χ2v) is 8.21. The molecule has 4 rings (SSSR count). The van der Waals surface area contributed by atoms with E-state index in [4.69, 9.17) is 9.47 Å². The van der Waals surface area contributed by atoms with Crippen LogP contribution in [0.25, 0.3) is 0 Å². The van der Waals surface area contributed by atoms with Crippen LogP contribution < -0.4 is 9.47 Å². The monoisotopic (exact) mass is 413 g/mol. The average Bonchev–Trinajstić information content (AvgIpc) is 3.33. The molecule has 162 valence electrons. The molecule has 0 atom stereocenters. The highest BCUT2D eigenvalue weighted by Gasteiger charge is 2.22. The number of ether oxygens (including phenoxy) is 2. The van der Waals surface area contributed by atoms with Crippen LogP contribution in [0.1, 0.15) is 28.2 Å². The topological polar surface area (TPSA) is 63.1 Å². The van der Waals surface area contributed by atoms with Crippen LogP contribution in [-0.2, 0) is 13.6 Å². The van der Waals surface area contributed by atoms with Crippen molar-refractivity contribution in [1.82, 2.24) is 24.5 Å². The maximum absolute atomic E-state index is 13.3. The number of carbonyl (C=O) groups excluding carboxylic acids is 1. The van der Waals surface area contributed by atoms with E-state index in [2.05, 4.69) is 21.9 Å². The van der Waals surface area contributed by atoms with E-state index in [9.17, 15) is 4.79 Å². The molecular weight excluding hydrogens is 382 g/mol. The van der Waals surface area contributed by atoms with Crippen molar-refractivity contribution in [3.05, 3.63) is 41.2 Å². The van der Waals surface area contributed by atoms with Gasteiger partial charge in [0.2, 0.25) is 6.79 Å². The molecule has 8 heteroatoms. The Morgan fingerprint density at radius 1 is 1.10 bits per heavy atom. The first-order valence-electron chi connectivity index (χ1n) is 10.6. The number of aryl methyl sites for hydroxylation is 2. The van der Waals surface area contributed by atoms with E-state index in [1.54, 1.807) is 4.68 Å². The fourth-order valence-corrected chi connectivity index (χ4v) is 4.04. The third-order valence-corrected chi connectivity index (χ3v) is 5.82. The maximum Gasteiger partial charge on any atom is 0.272 e. The summed E-state index contributed by atoms with van der Waals surface area (Å²) < 4.78 is 12.6. The highest BCUT2D eigenvalue weighted by Crippen LogP contribution is 2.33. The highest BCUT2D eigenvalue weighted by atomic mass is 16.7. The molecule has 0 unspecified atom stereocenters. The van der Waals surface area contributed by atoms with Crippen LogP contribution in [-0.4, -0.2) is 83.5 Å². The van der Waals surface area contributed by atoms with Gasteiger partial charge in [-0.15, -0.1) is 0 Å². The number of carbonyl (C=O) groups is 1. The van der Waals surface area contributed by atoms with Gasteiger partial charge in [-0.3, -0.25) is 9.48 Å². The SMILES string of the molecule is Cc1cc(C(=O)N(CCCN2CCN(C)CC2)Cc2ccc3c(c2)OCO3)n(C)n1. The zero-order chi connectivity index (χ0) is 21.1. The van der Waals surface area contributed by atoms with Gasteiger partial charge in [-0.1, -0.05) is 6.07 Å². The molecule has 8 nitrogen and oxygen atoms in total. The summed E-state index contributed by atoms with van der Waals surface area (Å²) in [5.74, 6) is 1.51. The zero-order valence-electron chi connectivity index (χ0n) is 18.1. The minimum absolute atomic E-state index is 0.00847. The van der Waals surface area contributed by atoms with Crippen molar-refractivity contribution in [3.8, 4) is 11.5 Å². The third-order valence-electron chi connectivity index (χ3n) is 5.82. The van der Waals surface area contributed by atoms with Gasteiger partial charge in [0.05, 0.1) is 5.69 Å². The highest BCUT2D eigenvalue weighted by molar-refractivity contribution is 5.92. The van der Waals surface area contributed by atoms with Crippen LogP contribution in [0.2, 0.25) is 0 Å². The first-order chi connectivity index (χ1) is 14.5. The molecule has 2 aromatic rings. The van der Waals surface area contributed by atoms with Gasteiger partial charge in [0.15, 0.2) is 11.5 Å². The number of hydrogen-bond acceptors (Lipinski definition) is 6. The van der Waals surface area contributed by atoms with Crippen molar-refractivity contribution in [2.45, 2.75) is 19.9 Å². The number of rotatable bonds is 7. The summed E-state index contributed by atoms with van der Waals surface area (Å²) in [6, 6.07) is 7.74. The predicted molar refractivity (Wildman–Crippen MR) is 114 cm³/mol. The molecule has 0 spiro atoms. The molecule has 1 fully saturated rings. The molecule has 0 aliphatic carbocycles. The van der Waals surface area contributed by atoms with Gasteiger partial charge < -0.3 is 24.2 Å². The minimum Gasteiger partial charge on any atom is -0.454 e. The second kappa shape index (κ2) is 9.06. The third kappa shape index (κ3) is 4.76. The molecule has 1 amide bonds. The Morgan fingerprint density at radius 3 is 2.60 bits per heavy atom. The van der Waals surface area contributed by atoms with Crippen LogP contribution >= 0.6 is 0 Å². The summed E-state index contributed by atoms with van der Waals surface area (Å²) in [4.78, 5) is 20.1. The number of benzene rings is 1. The Balaban J connectivity index is 1.44. The van der Waals surface area contributed by atoms with E-state index in [0.29, 0.717) is 18.8 Å². The second-order valence-electron chi connectivity index (χ2n) is 8.21. The van der Waals surface area contributed by atoms with Gasteiger partial charge in [-0.25, -0.2) is 0 Å². The zero-order valence-corrected chi connectivity index (χ0v) is 18.1. The minimum atomic E-state index is 0.00847. The largest absolute Gasteiger partial charge is 0.454 e. The molecular formula is C22H31N5O3. The predicted octanol–water partition coefficient (Wildman–Crippen LogP) is 1.74. The Bertz CT molecular complexity index is 889. The van der Waals surface area contributed by atoms with Gasteiger partial charge in [0.1, 0.15) is 5.69 Å². The lowest BCUT2D eigenvalue weighted by atomic mass is 10.1. The van der Waals surface area contributed by atoms with E-state index >= 15 is 0 Å². The van der Waals surface area contributed by atoms with Crippen LogP contribution in [0.3, 0.4) is 0 Å². The Kier molecular flexibility index (Phi) is 6.24. The van der Waals surface area contributed by atoms with Crippen molar-refractivity contribution in [2.75, 3.05) is 53.1 Å². The Hall–Kier alpha value is -2.58. The van der Waals surface area contributed by atoms with E-state index in [1.807, 2.05) is 43.1 Å². The maximum atomic E-state index is 13.3. The standard InChI is InChI=1S/C22H31N5O3/c1-17-13-19(25(3)23-17)22(28)27(8-4-7-26-11-9-24(2)10-12-26)15-18-5-6-20-21(14-18)30-16-29-20/h5-6,13-14H,4,7-12,15-16H2,1-3H3. The fraction of sp³-hybridized carbons (Fsp3) is 0.545. The quantitative estimate of drug-likeness (QED) is 0.689. The summed E-state index contributed by atoms with van der Waals surface area (Å²) >= 11 is 0. The summed E-state index contributed by atoms with van der Waals surface area (Å²) in [5.41, 5.74) is 2.50. The number of fused-ring (bicyclic) bond motifs is 1.